The number of benzene rings is 1. The molecule has 7 heteroatoms. The summed E-state index contributed by atoms with van der Waals surface area (Å²) < 4.78 is 0. The number of rotatable bonds is 5. The normalized spacial score (nSPS) is 13.6. The van der Waals surface area contributed by atoms with Crippen LogP contribution >= 0.6 is 11.6 Å². The van der Waals surface area contributed by atoms with Gasteiger partial charge in [-0.25, -0.2) is 0 Å². The van der Waals surface area contributed by atoms with Gasteiger partial charge in [0, 0.05) is 10.5 Å². The van der Waals surface area contributed by atoms with Gasteiger partial charge in [-0.2, -0.15) is 0 Å². The quantitative estimate of drug-likeness (QED) is 0.363. The van der Waals surface area contributed by atoms with Gasteiger partial charge in [0.1, 0.15) is 6.10 Å². The highest BCUT2D eigenvalue weighted by Crippen LogP contribution is 2.25. The monoisotopic (exact) mass is 255 g/mol. The van der Waals surface area contributed by atoms with Crippen LogP contribution in [-0.2, 0) is 0 Å². The van der Waals surface area contributed by atoms with Crippen LogP contribution in [0.3, 0.4) is 0 Å². The zero-order chi connectivity index (χ0) is 12.8. The van der Waals surface area contributed by atoms with E-state index in [4.69, 9.17) is 17.1 Å². The first kappa shape index (κ1) is 13.5. The molecule has 0 spiro atoms. The highest BCUT2D eigenvalue weighted by atomic mass is 35.5. The molecule has 90 valence electrons. The summed E-state index contributed by atoms with van der Waals surface area (Å²) in [5, 5.41) is 22.7. The van der Waals surface area contributed by atoms with Crippen LogP contribution in [0.25, 0.3) is 10.4 Å². The molecule has 0 saturated heterocycles. The van der Waals surface area contributed by atoms with Crippen LogP contribution in [0.2, 0.25) is 5.02 Å². The lowest BCUT2D eigenvalue weighted by Gasteiger charge is -2.18. The van der Waals surface area contributed by atoms with Crippen LogP contribution < -0.4 is 0 Å². The topological polar surface area (TPSA) is 106 Å². The molecule has 1 aromatic carbocycles. The number of aliphatic hydroxyl groups excluding tert-OH is 2. The maximum Gasteiger partial charge on any atom is 0.151 e. The van der Waals surface area contributed by atoms with Crippen LogP contribution in [0, 0.1) is 0 Å². The minimum absolute atomic E-state index is 0.113. The fraction of sp³-hybridized carbons (Fsp3) is 0.300. The average Bonchev–Trinajstić information content (AvgIpc) is 2.34. The zero-order valence-corrected chi connectivity index (χ0v) is 9.45. The fourth-order valence-electron chi connectivity index (χ4n) is 1.36. The maximum absolute atomic E-state index is 10.8. The molecule has 2 unspecified atom stereocenters. The number of azide groups is 1. The van der Waals surface area contributed by atoms with E-state index in [1.807, 2.05) is 0 Å². The van der Waals surface area contributed by atoms with Crippen LogP contribution in [-0.4, -0.2) is 29.1 Å². The lowest BCUT2D eigenvalue weighted by molar-refractivity contribution is 0.0240. The minimum atomic E-state index is -1.33. The second-order valence-corrected chi connectivity index (χ2v) is 3.69. The first-order chi connectivity index (χ1) is 8.11. The predicted octanol–water partition coefficient (Wildman–Crippen LogP) is 1.86. The third kappa shape index (κ3) is 3.18. The number of nitrogens with zero attached hydrogens (tertiary/aromatic N) is 3. The zero-order valence-electron chi connectivity index (χ0n) is 8.69. The predicted molar refractivity (Wildman–Crippen MR) is 61.8 cm³/mol. The second-order valence-electron chi connectivity index (χ2n) is 3.29. The van der Waals surface area contributed by atoms with Crippen LogP contribution in [0.15, 0.2) is 23.3 Å². The van der Waals surface area contributed by atoms with E-state index in [2.05, 4.69) is 10.0 Å². The third-order valence-corrected chi connectivity index (χ3v) is 2.55. The van der Waals surface area contributed by atoms with Crippen molar-refractivity contribution in [2.75, 3.05) is 6.54 Å². The van der Waals surface area contributed by atoms with Gasteiger partial charge in [-0.1, -0.05) is 28.8 Å². The first-order valence-electron chi connectivity index (χ1n) is 4.72. The van der Waals surface area contributed by atoms with E-state index >= 15 is 0 Å². The van der Waals surface area contributed by atoms with Gasteiger partial charge in [-0.05, 0) is 17.2 Å². The Labute approximate surface area is 102 Å². The number of hydrogen-bond acceptors (Lipinski definition) is 4. The van der Waals surface area contributed by atoms with Crippen molar-refractivity contribution in [1.29, 1.82) is 0 Å². The highest BCUT2D eigenvalue weighted by molar-refractivity contribution is 6.33. The SMILES string of the molecule is [N-]=[N+]=NCC(O)C(O)c1cccc(Cl)c1C=O. The summed E-state index contributed by atoms with van der Waals surface area (Å²) in [6.07, 6.45) is -2.12. The van der Waals surface area contributed by atoms with Crippen molar-refractivity contribution in [1.82, 2.24) is 0 Å². The molecule has 0 fully saturated rings. The molecular weight excluding hydrogens is 246 g/mol. The molecule has 0 heterocycles. The standard InChI is InChI=1S/C10H10ClN3O3/c11-8-3-1-2-6(7(8)5-15)10(17)9(16)4-13-14-12/h1-3,5,9-10,16-17H,4H2. The van der Waals surface area contributed by atoms with Crippen molar-refractivity contribution in [3.63, 3.8) is 0 Å². The Morgan fingerprint density at radius 3 is 2.82 bits per heavy atom. The molecule has 0 bridgehead atoms. The molecule has 2 N–H and O–H groups in total. The van der Waals surface area contributed by atoms with Crippen molar-refractivity contribution in [2.45, 2.75) is 12.2 Å². The Hall–Kier alpha value is -1.59. The number of carbonyl (C=O) groups excluding carboxylic acids is 1. The summed E-state index contributed by atoms with van der Waals surface area (Å²) in [6.45, 7) is -0.289. The van der Waals surface area contributed by atoms with Gasteiger partial charge in [0.15, 0.2) is 6.29 Å². The Bertz CT molecular complexity index is 460. The summed E-state index contributed by atoms with van der Waals surface area (Å²) in [5.41, 5.74) is 8.42. The fourth-order valence-corrected chi connectivity index (χ4v) is 1.59. The maximum atomic E-state index is 10.8. The van der Waals surface area contributed by atoms with E-state index in [1.54, 1.807) is 6.07 Å². The van der Waals surface area contributed by atoms with Gasteiger partial charge in [0.05, 0.1) is 17.7 Å². The Morgan fingerprint density at radius 2 is 2.24 bits per heavy atom. The summed E-state index contributed by atoms with van der Waals surface area (Å²) in [6, 6.07) is 4.52. The van der Waals surface area contributed by atoms with E-state index in [0.29, 0.717) is 6.29 Å². The molecule has 0 radical (unpaired) electrons. The molecule has 1 aromatic rings. The molecule has 0 aliphatic carbocycles. The second kappa shape index (κ2) is 6.22. The van der Waals surface area contributed by atoms with Crippen molar-refractivity contribution < 1.29 is 15.0 Å². The molecule has 0 amide bonds. The molecule has 0 aliphatic heterocycles. The van der Waals surface area contributed by atoms with Gasteiger partial charge in [0.25, 0.3) is 0 Å². The lowest BCUT2D eigenvalue weighted by atomic mass is 9.99. The summed E-state index contributed by atoms with van der Waals surface area (Å²) in [7, 11) is 0. The highest BCUT2D eigenvalue weighted by Gasteiger charge is 2.21. The summed E-state index contributed by atoms with van der Waals surface area (Å²) >= 11 is 5.78. The molecule has 1 rings (SSSR count). The van der Waals surface area contributed by atoms with Crippen molar-refractivity contribution in [2.24, 2.45) is 5.11 Å². The smallest absolute Gasteiger partial charge is 0.151 e. The molecule has 0 aliphatic rings. The number of hydrogen-bond donors (Lipinski definition) is 2. The molecular formula is C10H10ClN3O3. The van der Waals surface area contributed by atoms with Crippen molar-refractivity contribution in [3.05, 3.63) is 44.8 Å². The van der Waals surface area contributed by atoms with Gasteiger partial charge in [-0.3, -0.25) is 4.79 Å². The molecule has 2 atom stereocenters. The lowest BCUT2D eigenvalue weighted by Crippen LogP contribution is -2.22. The van der Waals surface area contributed by atoms with Crippen LogP contribution in [0.4, 0.5) is 0 Å². The van der Waals surface area contributed by atoms with E-state index in [9.17, 15) is 15.0 Å². The molecule has 6 nitrogen and oxygen atoms in total. The Kier molecular flexibility index (Phi) is 4.93. The number of carbonyl (C=O) groups is 1. The van der Waals surface area contributed by atoms with Gasteiger partial charge >= 0.3 is 0 Å². The van der Waals surface area contributed by atoms with Crippen molar-refractivity contribution in [3.8, 4) is 0 Å². The third-order valence-electron chi connectivity index (χ3n) is 2.22. The minimum Gasteiger partial charge on any atom is -0.390 e. The molecule has 0 saturated carbocycles. The Balaban J connectivity index is 3.02. The van der Waals surface area contributed by atoms with Crippen molar-refractivity contribution >= 4 is 17.9 Å². The number of halogens is 1. The van der Waals surface area contributed by atoms with E-state index in [0.717, 1.165) is 0 Å². The van der Waals surface area contributed by atoms with Gasteiger partial charge in [0.2, 0.25) is 0 Å². The average molecular weight is 256 g/mol. The summed E-state index contributed by atoms with van der Waals surface area (Å²) in [5.74, 6) is 0. The molecule has 17 heavy (non-hydrogen) atoms. The van der Waals surface area contributed by atoms with Crippen LogP contribution in [0.1, 0.15) is 22.0 Å². The van der Waals surface area contributed by atoms with Crippen LogP contribution in [0.5, 0.6) is 0 Å². The van der Waals surface area contributed by atoms with E-state index in [1.165, 1.54) is 12.1 Å². The van der Waals surface area contributed by atoms with Gasteiger partial charge < -0.3 is 10.2 Å². The van der Waals surface area contributed by atoms with E-state index in [-0.39, 0.29) is 22.7 Å². The Morgan fingerprint density at radius 1 is 1.53 bits per heavy atom. The first-order valence-corrected chi connectivity index (χ1v) is 5.10. The number of aliphatic hydroxyl groups is 2. The largest absolute Gasteiger partial charge is 0.390 e. The summed E-state index contributed by atoms with van der Waals surface area (Å²) in [4.78, 5) is 13.3. The molecule has 0 aromatic heterocycles. The van der Waals surface area contributed by atoms with E-state index < -0.39 is 12.2 Å². The number of aldehydes is 1. The van der Waals surface area contributed by atoms with Gasteiger partial charge in [-0.15, -0.1) is 0 Å².